The van der Waals surface area contributed by atoms with Crippen LogP contribution in [0.15, 0.2) is 85.2 Å². The Balaban J connectivity index is 0.000000375. The van der Waals surface area contributed by atoms with E-state index in [1.54, 1.807) is 52.0 Å². The van der Waals surface area contributed by atoms with Crippen LogP contribution < -0.4 is 28.1 Å². The number of carbonyl (C=O) groups excluding carboxylic acids is 4. The number of aliphatic hydroxyl groups is 1. The lowest BCUT2D eigenvalue weighted by atomic mass is 10.0. The molecule has 0 fully saturated rings. The van der Waals surface area contributed by atoms with Gasteiger partial charge in [0, 0.05) is 53.4 Å². The first kappa shape index (κ1) is 48.4. The lowest BCUT2D eigenvalue weighted by Gasteiger charge is -2.26. The highest BCUT2D eigenvalue weighted by molar-refractivity contribution is 6.21. The van der Waals surface area contributed by atoms with Crippen molar-refractivity contribution < 1.29 is 39.2 Å². The Kier molecular flexibility index (Phi) is 18.5. The normalized spacial score (nSPS) is 13.0. The van der Waals surface area contributed by atoms with E-state index in [0.717, 1.165) is 32.9 Å². The van der Waals surface area contributed by atoms with Crippen LogP contribution in [0.5, 0.6) is 0 Å². The smallest absolute Gasteiger partial charge is 0.407 e. The van der Waals surface area contributed by atoms with Crippen LogP contribution in [0.25, 0.3) is 21.8 Å². The lowest BCUT2D eigenvalue weighted by Crippen LogP contribution is -2.48. The molecule has 13 N–H and O–H groups in total. The summed E-state index contributed by atoms with van der Waals surface area (Å²) in [7, 11) is 0. The molecule has 0 bridgehead atoms. The largest absolute Gasteiger partial charge is 0.444 e. The van der Waals surface area contributed by atoms with Crippen molar-refractivity contribution in [2.45, 2.75) is 84.6 Å². The average Bonchev–Trinajstić information content (AvgIpc) is 3.82. The highest BCUT2D eigenvalue weighted by atomic mass is 16.6. The maximum absolute atomic E-state index is 12.8. The molecule has 316 valence electrons. The van der Waals surface area contributed by atoms with Crippen molar-refractivity contribution >= 4 is 45.8 Å². The topological polar surface area (TPSA) is 275 Å². The van der Waals surface area contributed by atoms with Crippen LogP contribution >= 0.6 is 0 Å². The van der Waals surface area contributed by atoms with E-state index in [1.807, 2.05) is 75.6 Å². The molecule has 3 heterocycles. The molecule has 1 aliphatic rings. The van der Waals surface area contributed by atoms with Gasteiger partial charge in [-0.1, -0.05) is 48.5 Å². The summed E-state index contributed by atoms with van der Waals surface area (Å²) in [4.78, 5) is 57.6. The number of nitrogens with two attached hydrogens (primary N) is 3. The molecule has 4 amide bonds. The van der Waals surface area contributed by atoms with E-state index in [9.17, 15) is 19.2 Å². The zero-order valence-electron chi connectivity index (χ0n) is 34.3. The number of ether oxygens (including phenoxy) is 2. The molecule has 6 rings (SSSR count). The van der Waals surface area contributed by atoms with E-state index in [-0.39, 0.29) is 36.5 Å². The third kappa shape index (κ3) is 14.0. The van der Waals surface area contributed by atoms with Crippen molar-refractivity contribution in [2.75, 3.05) is 19.7 Å². The van der Waals surface area contributed by atoms with E-state index in [4.69, 9.17) is 20.3 Å². The van der Waals surface area contributed by atoms with Crippen LogP contribution in [0.2, 0.25) is 0 Å². The first-order valence-corrected chi connectivity index (χ1v) is 18.7. The number of amides is 4. The van der Waals surface area contributed by atoms with Gasteiger partial charge >= 0.3 is 12.2 Å². The minimum Gasteiger partial charge on any atom is -0.444 e. The first-order chi connectivity index (χ1) is 27.0. The number of aliphatic hydroxyl groups excluding tert-OH is 1. The minimum absolute atomic E-state index is 0. The number of nitrogens with one attached hydrogen (secondary N) is 4. The standard InChI is InChI=1S/C24H25N3O4.C16H23N3O2.C2H6O.H4N2.H2O/c1-24(2,3)31-23(30)26-16(12-15-13-25-20-11-7-6-8-17(15)20)14-27-21(28)18-9-4-5-10-19(18)22(27)29;1-16(2,3)21-15(20)19-12(9-17)8-11-10-18-14-7-5-4-6-13(11)14;1-2-3;1-2;/h4-11,13,16,25H,12,14H2,1-3H3,(H,26,30);4-7,10,12,18H,8-9,17H2,1-3H3,(H,19,20);3H,2H2,1H3;1-2H2;1H2/t16-;12-;;;/m11.../s1. The molecular formula is C42H60N8O8. The monoisotopic (exact) mass is 804 g/mol. The van der Waals surface area contributed by atoms with Crippen LogP contribution in [0, 0.1) is 0 Å². The number of nitrogens with zero attached hydrogens (tertiary/aromatic N) is 1. The number of hydrogen-bond acceptors (Lipinski definition) is 10. The van der Waals surface area contributed by atoms with Gasteiger partial charge in [-0.3, -0.25) is 26.2 Å². The SMILES string of the molecule is CC(C)(C)OC(=O)N[C@@H](CN)Cc1c[nH]c2ccccc12.CC(C)(C)OC(=O)N[C@H](Cc1c[nH]c2ccccc12)CN1C(=O)c2ccccc2C1=O.CCO.NN.O. The third-order valence-corrected chi connectivity index (χ3v) is 8.29. The second-order valence-electron chi connectivity index (χ2n) is 15.1. The van der Waals surface area contributed by atoms with Gasteiger partial charge < -0.3 is 46.4 Å². The summed E-state index contributed by atoms with van der Waals surface area (Å²) in [6, 6.07) is 22.0. The highest BCUT2D eigenvalue weighted by Gasteiger charge is 2.37. The number of hydrogen-bond donors (Lipinski definition) is 8. The van der Waals surface area contributed by atoms with Crippen molar-refractivity contribution in [3.05, 3.63) is 107 Å². The summed E-state index contributed by atoms with van der Waals surface area (Å²) in [6.07, 6.45) is 3.92. The Morgan fingerprint density at radius 3 is 1.47 bits per heavy atom. The summed E-state index contributed by atoms with van der Waals surface area (Å²) in [5.41, 5.74) is 9.54. The maximum atomic E-state index is 12.8. The summed E-state index contributed by atoms with van der Waals surface area (Å²) in [5.74, 6) is 7.30. The quantitative estimate of drug-likeness (QED) is 0.0589. The molecule has 16 nitrogen and oxygen atoms in total. The number of fused-ring (bicyclic) bond motifs is 3. The van der Waals surface area contributed by atoms with Crippen molar-refractivity contribution in [2.24, 2.45) is 17.4 Å². The molecule has 1 aliphatic heterocycles. The second kappa shape index (κ2) is 22.2. The van der Waals surface area contributed by atoms with Crippen LogP contribution in [0.3, 0.4) is 0 Å². The van der Waals surface area contributed by atoms with E-state index in [2.05, 4.69) is 38.4 Å². The second-order valence-corrected chi connectivity index (χ2v) is 15.1. The van der Waals surface area contributed by atoms with Gasteiger partial charge in [-0.2, -0.15) is 0 Å². The molecule has 0 saturated heterocycles. The fourth-order valence-corrected chi connectivity index (χ4v) is 6.06. The number of alkyl carbamates (subject to hydrolysis) is 2. The number of aromatic nitrogens is 2. The van der Waals surface area contributed by atoms with E-state index >= 15 is 0 Å². The molecule has 58 heavy (non-hydrogen) atoms. The van der Waals surface area contributed by atoms with Gasteiger partial charge in [0.1, 0.15) is 11.2 Å². The number of H-pyrrole nitrogens is 2. The number of aromatic amines is 2. The molecule has 16 heteroatoms. The molecule has 0 spiro atoms. The lowest BCUT2D eigenvalue weighted by molar-refractivity contribution is 0.0467. The molecular weight excluding hydrogens is 745 g/mol. The zero-order chi connectivity index (χ0) is 42.3. The first-order valence-electron chi connectivity index (χ1n) is 18.7. The van der Waals surface area contributed by atoms with Crippen LogP contribution in [-0.4, -0.2) is 92.4 Å². The molecule has 0 unspecified atom stereocenters. The fourth-order valence-electron chi connectivity index (χ4n) is 6.06. The molecule has 3 aromatic carbocycles. The van der Waals surface area contributed by atoms with Gasteiger partial charge in [-0.15, -0.1) is 0 Å². The van der Waals surface area contributed by atoms with Crippen molar-refractivity contribution in [1.82, 2.24) is 25.5 Å². The summed E-state index contributed by atoms with van der Waals surface area (Å²) >= 11 is 0. The molecule has 2 aromatic heterocycles. The highest BCUT2D eigenvalue weighted by Crippen LogP contribution is 2.25. The molecule has 2 atom stereocenters. The summed E-state index contributed by atoms with van der Waals surface area (Å²) in [6.45, 7) is 13.2. The van der Waals surface area contributed by atoms with Crippen LogP contribution in [0.4, 0.5) is 9.59 Å². The maximum Gasteiger partial charge on any atom is 0.407 e. The van der Waals surface area contributed by atoms with Gasteiger partial charge in [-0.25, -0.2) is 9.59 Å². The van der Waals surface area contributed by atoms with E-state index < -0.39 is 29.4 Å². The Hall–Kier alpha value is -5.78. The number of rotatable bonds is 9. The Morgan fingerprint density at radius 2 is 1.07 bits per heavy atom. The molecule has 0 aliphatic carbocycles. The Bertz CT molecular complexity index is 2050. The van der Waals surface area contributed by atoms with Gasteiger partial charge in [0.2, 0.25) is 0 Å². The minimum atomic E-state index is -0.662. The number of carbonyl (C=O) groups is 4. The predicted molar refractivity (Wildman–Crippen MR) is 226 cm³/mol. The third-order valence-electron chi connectivity index (χ3n) is 8.29. The fraction of sp³-hybridized carbons (Fsp3) is 0.381. The Labute approximate surface area is 339 Å². The summed E-state index contributed by atoms with van der Waals surface area (Å²) in [5, 5.41) is 15.4. The van der Waals surface area contributed by atoms with E-state index in [1.165, 1.54) is 4.90 Å². The van der Waals surface area contributed by atoms with Gasteiger partial charge in [-0.05, 0) is 96.7 Å². The van der Waals surface area contributed by atoms with Crippen LogP contribution in [0.1, 0.15) is 80.3 Å². The predicted octanol–water partition coefficient (Wildman–Crippen LogP) is 4.46. The van der Waals surface area contributed by atoms with Gasteiger partial charge in [0.25, 0.3) is 11.8 Å². The van der Waals surface area contributed by atoms with Gasteiger partial charge in [0.15, 0.2) is 0 Å². The van der Waals surface area contributed by atoms with E-state index in [0.29, 0.717) is 30.5 Å². The molecule has 5 aromatic rings. The van der Waals surface area contributed by atoms with Crippen molar-refractivity contribution in [3.63, 3.8) is 0 Å². The number of imide groups is 1. The van der Waals surface area contributed by atoms with Gasteiger partial charge in [0.05, 0.1) is 23.7 Å². The summed E-state index contributed by atoms with van der Waals surface area (Å²) < 4.78 is 10.7. The average molecular weight is 805 g/mol. The number of para-hydroxylation sites is 2. The molecule has 0 saturated carbocycles. The van der Waals surface area contributed by atoms with Crippen molar-refractivity contribution in [3.8, 4) is 0 Å². The van der Waals surface area contributed by atoms with Crippen LogP contribution in [-0.2, 0) is 22.3 Å². The Morgan fingerprint density at radius 1 is 0.707 bits per heavy atom. The number of hydrazine groups is 1. The zero-order valence-corrected chi connectivity index (χ0v) is 34.3. The molecule has 0 radical (unpaired) electrons. The van der Waals surface area contributed by atoms with Crippen molar-refractivity contribution in [1.29, 1.82) is 0 Å². The number of benzene rings is 3.